The number of imide groups is 1. The molecule has 5 heteroatoms. The van der Waals surface area contributed by atoms with Crippen LogP contribution in [0.2, 0.25) is 0 Å². The Bertz CT molecular complexity index is 558. The molecular formula is C14H15FINO2. The van der Waals surface area contributed by atoms with Crippen molar-refractivity contribution in [1.82, 2.24) is 0 Å². The average Bonchev–Trinajstić information content (AvgIpc) is 2.53. The summed E-state index contributed by atoms with van der Waals surface area (Å²) in [5, 5.41) is 0. The number of halogens is 2. The van der Waals surface area contributed by atoms with Gasteiger partial charge in [-0.15, -0.1) is 0 Å². The van der Waals surface area contributed by atoms with Gasteiger partial charge in [0.25, 0.3) is 0 Å². The number of carbonyl (C=O) groups excluding carboxylic acids is 2. The van der Waals surface area contributed by atoms with Gasteiger partial charge in [-0.25, -0.2) is 9.29 Å². The van der Waals surface area contributed by atoms with Crippen molar-refractivity contribution in [3.05, 3.63) is 27.6 Å². The van der Waals surface area contributed by atoms with Crippen LogP contribution in [0.4, 0.5) is 10.1 Å². The highest BCUT2D eigenvalue weighted by molar-refractivity contribution is 14.1. The Morgan fingerprint density at radius 2 is 2.00 bits per heavy atom. The molecule has 3 nitrogen and oxygen atoms in total. The van der Waals surface area contributed by atoms with E-state index in [0.29, 0.717) is 9.26 Å². The smallest absolute Gasteiger partial charge is 0.240 e. The lowest BCUT2D eigenvalue weighted by atomic mass is 9.78. The molecule has 1 aromatic carbocycles. The van der Waals surface area contributed by atoms with Crippen LogP contribution in [0.15, 0.2) is 18.2 Å². The Hall–Kier alpha value is -0.980. The van der Waals surface area contributed by atoms with Crippen molar-refractivity contribution in [2.75, 3.05) is 4.90 Å². The fraction of sp³-hybridized carbons (Fsp3) is 0.429. The van der Waals surface area contributed by atoms with Gasteiger partial charge in [-0.3, -0.25) is 9.59 Å². The van der Waals surface area contributed by atoms with E-state index in [1.807, 2.05) is 43.4 Å². The normalized spacial score (nSPS) is 23.6. The molecular weight excluding hydrogens is 360 g/mol. The molecule has 1 saturated heterocycles. The van der Waals surface area contributed by atoms with Crippen LogP contribution in [0.5, 0.6) is 0 Å². The topological polar surface area (TPSA) is 37.4 Å². The third-order valence-electron chi connectivity index (χ3n) is 3.88. The van der Waals surface area contributed by atoms with Gasteiger partial charge in [-0.1, -0.05) is 13.8 Å². The van der Waals surface area contributed by atoms with Crippen molar-refractivity contribution >= 4 is 40.1 Å². The fourth-order valence-corrected chi connectivity index (χ4v) is 2.91. The van der Waals surface area contributed by atoms with Crippen molar-refractivity contribution in [3.8, 4) is 0 Å². The Labute approximate surface area is 125 Å². The second kappa shape index (κ2) is 4.85. The first-order valence-corrected chi connectivity index (χ1v) is 7.17. The summed E-state index contributed by atoms with van der Waals surface area (Å²) in [6.45, 7) is 5.68. The summed E-state index contributed by atoms with van der Waals surface area (Å²) in [7, 11) is 0. The maximum atomic E-state index is 13.1. The lowest BCUT2D eigenvalue weighted by molar-refractivity contribution is -0.126. The van der Waals surface area contributed by atoms with Crippen LogP contribution in [0, 0.1) is 20.7 Å². The minimum absolute atomic E-state index is 0.0760. The molecule has 0 spiro atoms. The molecule has 1 aliphatic heterocycles. The third-order valence-corrected chi connectivity index (χ3v) is 4.75. The summed E-state index contributed by atoms with van der Waals surface area (Å²) in [5.74, 6) is -0.714. The van der Waals surface area contributed by atoms with Crippen molar-refractivity contribution in [1.29, 1.82) is 0 Å². The number of nitrogens with zero attached hydrogens (tertiary/aromatic N) is 1. The van der Waals surface area contributed by atoms with Gasteiger partial charge in [-0.05, 0) is 53.6 Å². The second-order valence-corrected chi connectivity index (χ2v) is 6.54. The molecule has 0 aliphatic carbocycles. The molecule has 1 heterocycles. The molecule has 0 saturated carbocycles. The van der Waals surface area contributed by atoms with Crippen LogP contribution in [-0.4, -0.2) is 11.8 Å². The lowest BCUT2D eigenvalue weighted by Crippen LogP contribution is -2.37. The minimum Gasteiger partial charge on any atom is -0.274 e. The maximum absolute atomic E-state index is 13.1. The summed E-state index contributed by atoms with van der Waals surface area (Å²) < 4.78 is 13.7. The van der Waals surface area contributed by atoms with Crippen LogP contribution < -0.4 is 4.90 Å². The third kappa shape index (κ3) is 2.28. The van der Waals surface area contributed by atoms with E-state index < -0.39 is 5.41 Å². The molecule has 19 heavy (non-hydrogen) atoms. The monoisotopic (exact) mass is 375 g/mol. The second-order valence-electron chi connectivity index (χ2n) is 5.38. The summed E-state index contributed by atoms with van der Waals surface area (Å²) in [5.41, 5.74) is -0.199. The van der Waals surface area contributed by atoms with Gasteiger partial charge < -0.3 is 0 Å². The molecule has 1 fully saturated rings. The van der Waals surface area contributed by atoms with Crippen molar-refractivity contribution in [3.63, 3.8) is 0 Å². The Morgan fingerprint density at radius 1 is 1.37 bits per heavy atom. The van der Waals surface area contributed by atoms with Gasteiger partial charge in [-0.2, -0.15) is 0 Å². The van der Waals surface area contributed by atoms with E-state index in [9.17, 15) is 14.0 Å². The van der Waals surface area contributed by atoms with E-state index in [1.165, 1.54) is 23.1 Å². The highest BCUT2D eigenvalue weighted by atomic mass is 127. The van der Waals surface area contributed by atoms with Crippen molar-refractivity contribution in [2.45, 2.75) is 27.2 Å². The molecule has 1 aliphatic rings. The minimum atomic E-state index is -0.672. The van der Waals surface area contributed by atoms with Gasteiger partial charge >= 0.3 is 0 Å². The first-order valence-electron chi connectivity index (χ1n) is 6.10. The van der Waals surface area contributed by atoms with E-state index in [4.69, 9.17) is 0 Å². The van der Waals surface area contributed by atoms with E-state index in [1.54, 1.807) is 0 Å². The number of hydrogen-bond donors (Lipinski definition) is 0. The van der Waals surface area contributed by atoms with Crippen molar-refractivity contribution in [2.24, 2.45) is 11.3 Å². The fourth-order valence-electron chi connectivity index (χ4n) is 2.19. The van der Waals surface area contributed by atoms with Crippen LogP contribution >= 0.6 is 22.6 Å². The molecule has 1 aromatic rings. The zero-order valence-electron chi connectivity index (χ0n) is 11.0. The molecule has 1 atom stereocenters. The van der Waals surface area contributed by atoms with Gasteiger partial charge in [0.1, 0.15) is 5.82 Å². The van der Waals surface area contributed by atoms with Gasteiger partial charge in [0.05, 0.1) is 11.1 Å². The molecule has 2 amide bonds. The summed E-state index contributed by atoms with van der Waals surface area (Å²) in [4.78, 5) is 25.9. The number of hydrogen-bond acceptors (Lipinski definition) is 2. The van der Waals surface area contributed by atoms with Crippen molar-refractivity contribution < 1.29 is 14.0 Å². The number of benzene rings is 1. The van der Waals surface area contributed by atoms with Crippen LogP contribution in [0.1, 0.15) is 27.2 Å². The van der Waals surface area contributed by atoms with E-state index in [0.717, 1.165) is 0 Å². The van der Waals surface area contributed by atoms with Crippen LogP contribution in [0.25, 0.3) is 0 Å². The quantitative estimate of drug-likeness (QED) is 0.587. The zero-order chi connectivity index (χ0) is 14.4. The zero-order valence-corrected chi connectivity index (χ0v) is 13.2. The van der Waals surface area contributed by atoms with Crippen LogP contribution in [-0.2, 0) is 9.59 Å². The van der Waals surface area contributed by atoms with E-state index in [-0.39, 0.29) is 30.0 Å². The summed E-state index contributed by atoms with van der Waals surface area (Å²) >= 11 is 1.94. The first kappa shape index (κ1) is 14.4. The first-order chi connectivity index (χ1) is 8.77. The van der Waals surface area contributed by atoms with E-state index >= 15 is 0 Å². The Kier molecular flexibility index (Phi) is 3.68. The molecule has 2 rings (SSSR count). The van der Waals surface area contributed by atoms with Crippen LogP contribution in [0.3, 0.4) is 0 Å². The lowest BCUT2D eigenvalue weighted by Gasteiger charge is -2.26. The van der Waals surface area contributed by atoms with Gasteiger partial charge in [0.15, 0.2) is 0 Å². The molecule has 1 unspecified atom stereocenters. The molecule has 0 bridgehead atoms. The predicted octanol–water partition coefficient (Wildman–Crippen LogP) is 3.36. The highest BCUT2D eigenvalue weighted by Gasteiger charge is 2.50. The maximum Gasteiger partial charge on any atom is 0.240 e. The average molecular weight is 375 g/mol. The number of carbonyl (C=O) groups is 2. The summed E-state index contributed by atoms with van der Waals surface area (Å²) in [6, 6.07) is 4.07. The Balaban J connectivity index is 2.46. The van der Waals surface area contributed by atoms with Gasteiger partial charge in [0, 0.05) is 9.99 Å². The summed E-state index contributed by atoms with van der Waals surface area (Å²) in [6.07, 6.45) is 0.205. The SMILES string of the molecule is CC(C)C1(C)CC(=O)N(c2ccc(F)cc2I)C1=O. The van der Waals surface area contributed by atoms with Gasteiger partial charge in [0.2, 0.25) is 11.8 Å². The van der Waals surface area contributed by atoms with E-state index in [2.05, 4.69) is 0 Å². The number of rotatable bonds is 2. The largest absolute Gasteiger partial charge is 0.274 e. The highest BCUT2D eigenvalue weighted by Crippen LogP contribution is 2.42. The Morgan fingerprint density at radius 3 is 2.47 bits per heavy atom. The standard InChI is InChI=1S/C14H15FINO2/c1-8(2)14(3)7-12(18)17(13(14)19)11-5-4-9(15)6-10(11)16/h4-6,8H,7H2,1-3H3. The number of anilines is 1. The molecule has 0 N–H and O–H groups in total. The molecule has 102 valence electrons. The molecule has 0 radical (unpaired) electrons. The predicted molar refractivity (Wildman–Crippen MR) is 79.2 cm³/mol. The number of amides is 2. The molecule has 0 aromatic heterocycles.